The van der Waals surface area contributed by atoms with Crippen molar-refractivity contribution in [3.63, 3.8) is 0 Å². The predicted molar refractivity (Wildman–Crippen MR) is 75.4 cm³/mol. The number of ether oxygens (including phenoxy) is 1. The Bertz CT molecular complexity index is 408. The minimum atomic E-state index is -0.110. The summed E-state index contributed by atoms with van der Waals surface area (Å²) in [5.74, 6) is 0.977. The minimum Gasteiger partial charge on any atom is -0.484 e. The minimum absolute atomic E-state index is 0.0262. The zero-order valence-corrected chi connectivity index (χ0v) is 12.3. The van der Waals surface area contributed by atoms with Gasteiger partial charge in [-0.15, -0.1) is 0 Å². The maximum atomic E-state index is 11.5. The highest BCUT2D eigenvalue weighted by molar-refractivity contribution is 9.10. The lowest BCUT2D eigenvalue weighted by Crippen LogP contribution is -2.31. The summed E-state index contributed by atoms with van der Waals surface area (Å²) in [5.41, 5.74) is 6.55. The number of amides is 1. The molecular weight excluding hydrogens is 296 g/mol. The predicted octanol–water partition coefficient (Wildman–Crippen LogP) is 2.06. The molecule has 1 rings (SSSR count). The lowest BCUT2D eigenvalue weighted by Gasteiger charge is -2.10. The van der Waals surface area contributed by atoms with Crippen LogP contribution in [0.1, 0.15) is 19.4 Å². The van der Waals surface area contributed by atoms with E-state index in [0.29, 0.717) is 24.8 Å². The van der Waals surface area contributed by atoms with Crippen LogP contribution < -0.4 is 15.8 Å². The first-order valence-electron chi connectivity index (χ1n) is 5.91. The molecule has 0 atom stereocenters. The van der Waals surface area contributed by atoms with Crippen LogP contribution in [0.5, 0.6) is 5.75 Å². The average molecular weight is 315 g/mol. The number of carbonyl (C=O) groups excluding carboxylic acids is 1. The van der Waals surface area contributed by atoms with Gasteiger partial charge in [0.15, 0.2) is 6.61 Å². The molecule has 0 unspecified atom stereocenters. The first-order valence-corrected chi connectivity index (χ1v) is 6.70. The molecule has 0 fully saturated rings. The number of hydrogen-bond donors (Lipinski definition) is 2. The standard InChI is InChI=1S/C13H19BrN2O2/c1-9(2)7-16-13(17)8-18-11-3-4-12(14)10(5-11)6-15/h3-5,9H,6-8,15H2,1-2H3,(H,16,17). The van der Waals surface area contributed by atoms with Crippen molar-refractivity contribution in [1.82, 2.24) is 5.32 Å². The zero-order chi connectivity index (χ0) is 13.5. The molecule has 0 saturated heterocycles. The van der Waals surface area contributed by atoms with Gasteiger partial charge in [-0.2, -0.15) is 0 Å². The van der Waals surface area contributed by atoms with E-state index in [-0.39, 0.29) is 12.5 Å². The van der Waals surface area contributed by atoms with Gasteiger partial charge in [0.25, 0.3) is 5.91 Å². The normalized spacial score (nSPS) is 10.5. The van der Waals surface area contributed by atoms with Gasteiger partial charge in [-0.25, -0.2) is 0 Å². The Balaban J connectivity index is 2.46. The highest BCUT2D eigenvalue weighted by Gasteiger charge is 2.05. The summed E-state index contributed by atoms with van der Waals surface area (Å²) in [6.07, 6.45) is 0. The molecule has 4 nitrogen and oxygen atoms in total. The molecule has 0 saturated carbocycles. The van der Waals surface area contributed by atoms with Gasteiger partial charge in [0.05, 0.1) is 0 Å². The van der Waals surface area contributed by atoms with Crippen molar-refractivity contribution in [1.29, 1.82) is 0 Å². The van der Waals surface area contributed by atoms with Crippen molar-refractivity contribution in [2.24, 2.45) is 11.7 Å². The van der Waals surface area contributed by atoms with Crippen LogP contribution >= 0.6 is 15.9 Å². The molecule has 0 aliphatic heterocycles. The Kier molecular flexibility index (Phi) is 6.15. The van der Waals surface area contributed by atoms with Crippen molar-refractivity contribution >= 4 is 21.8 Å². The van der Waals surface area contributed by atoms with Crippen molar-refractivity contribution in [2.45, 2.75) is 20.4 Å². The number of benzene rings is 1. The molecule has 0 aromatic heterocycles. The SMILES string of the molecule is CC(C)CNC(=O)COc1ccc(Br)c(CN)c1. The second kappa shape index (κ2) is 7.38. The van der Waals surface area contributed by atoms with Crippen LogP contribution in [0.25, 0.3) is 0 Å². The van der Waals surface area contributed by atoms with Gasteiger partial charge in [0.2, 0.25) is 0 Å². The summed E-state index contributed by atoms with van der Waals surface area (Å²) < 4.78 is 6.36. The highest BCUT2D eigenvalue weighted by Crippen LogP contribution is 2.22. The van der Waals surface area contributed by atoms with E-state index in [0.717, 1.165) is 10.0 Å². The summed E-state index contributed by atoms with van der Waals surface area (Å²) in [5, 5.41) is 2.79. The van der Waals surface area contributed by atoms with Crippen LogP contribution in [0, 0.1) is 5.92 Å². The number of halogens is 1. The molecule has 1 amide bonds. The maximum absolute atomic E-state index is 11.5. The fourth-order valence-electron chi connectivity index (χ4n) is 1.32. The Hall–Kier alpha value is -1.07. The van der Waals surface area contributed by atoms with Gasteiger partial charge < -0.3 is 15.8 Å². The van der Waals surface area contributed by atoms with E-state index in [1.54, 1.807) is 6.07 Å². The molecule has 0 aliphatic carbocycles. The molecule has 5 heteroatoms. The quantitative estimate of drug-likeness (QED) is 0.844. The first kappa shape index (κ1) is 15.0. The van der Waals surface area contributed by atoms with Crippen molar-refractivity contribution in [2.75, 3.05) is 13.2 Å². The van der Waals surface area contributed by atoms with Crippen LogP contribution in [0.4, 0.5) is 0 Å². The zero-order valence-electron chi connectivity index (χ0n) is 10.7. The summed E-state index contributed by atoms with van der Waals surface area (Å²) in [4.78, 5) is 11.5. The number of nitrogens with two attached hydrogens (primary N) is 1. The van der Waals surface area contributed by atoms with Crippen LogP contribution in [0.15, 0.2) is 22.7 Å². The molecule has 0 radical (unpaired) electrons. The number of rotatable bonds is 6. The fraction of sp³-hybridized carbons (Fsp3) is 0.462. The van der Waals surface area contributed by atoms with Gasteiger partial charge in [0.1, 0.15) is 5.75 Å². The smallest absolute Gasteiger partial charge is 0.257 e. The Morgan fingerprint density at radius 2 is 2.22 bits per heavy atom. The summed E-state index contributed by atoms with van der Waals surface area (Å²) >= 11 is 3.40. The Labute approximate surface area is 116 Å². The van der Waals surface area contributed by atoms with Crippen LogP contribution in [0.2, 0.25) is 0 Å². The van der Waals surface area contributed by atoms with Crippen molar-refractivity contribution in [3.05, 3.63) is 28.2 Å². The molecular formula is C13H19BrN2O2. The molecule has 1 aromatic carbocycles. The van der Waals surface area contributed by atoms with E-state index in [9.17, 15) is 4.79 Å². The molecule has 3 N–H and O–H groups in total. The van der Waals surface area contributed by atoms with E-state index in [2.05, 4.69) is 21.2 Å². The summed E-state index contributed by atoms with van der Waals surface area (Å²) in [7, 11) is 0. The Morgan fingerprint density at radius 3 is 2.83 bits per heavy atom. The molecule has 0 bridgehead atoms. The largest absolute Gasteiger partial charge is 0.484 e. The third kappa shape index (κ3) is 5.06. The lowest BCUT2D eigenvalue weighted by atomic mass is 10.2. The van der Waals surface area contributed by atoms with Crippen LogP contribution in [-0.2, 0) is 11.3 Å². The van der Waals surface area contributed by atoms with Crippen LogP contribution in [0.3, 0.4) is 0 Å². The van der Waals surface area contributed by atoms with Gasteiger partial charge in [-0.1, -0.05) is 29.8 Å². The topological polar surface area (TPSA) is 64.3 Å². The number of hydrogen-bond acceptors (Lipinski definition) is 3. The third-order valence-electron chi connectivity index (χ3n) is 2.31. The van der Waals surface area contributed by atoms with E-state index < -0.39 is 0 Å². The van der Waals surface area contributed by atoms with E-state index in [1.807, 2.05) is 26.0 Å². The number of nitrogens with one attached hydrogen (secondary N) is 1. The first-order chi connectivity index (χ1) is 8.52. The second-order valence-electron chi connectivity index (χ2n) is 4.44. The second-order valence-corrected chi connectivity index (χ2v) is 5.30. The van der Waals surface area contributed by atoms with Gasteiger partial charge in [-0.05, 0) is 29.7 Å². The van der Waals surface area contributed by atoms with Crippen molar-refractivity contribution in [3.8, 4) is 5.75 Å². The molecule has 18 heavy (non-hydrogen) atoms. The van der Waals surface area contributed by atoms with Crippen LogP contribution in [-0.4, -0.2) is 19.1 Å². The monoisotopic (exact) mass is 314 g/mol. The van der Waals surface area contributed by atoms with E-state index in [4.69, 9.17) is 10.5 Å². The van der Waals surface area contributed by atoms with E-state index in [1.165, 1.54) is 0 Å². The maximum Gasteiger partial charge on any atom is 0.257 e. The molecule has 100 valence electrons. The average Bonchev–Trinajstić information content (AvgIpc) is 2.35. The van der Waals surface area contributed by atoms with Gasteiger partial charge in [0, 0.05) is 17.6 Å². The summed E-state index contributed by atoms with van der Waals surface area (Å²) in [6.45, 7) is 5.21. The third-order valence-corrected chi connectivity index (χ3v) is 3.09. The highest BCUT2D eigenvalue weighted by atomic mass is 79.9. The lowest BCUT2D eigenvalue weighted by molar-refractivity contribution is -0.123. The molecule has 0 spiro atoms. The molecule has 1 aromatic rings. The van der Waals surface area contributed by atoms with E-state index >= 15 is 0 Å². The van der Waals surface area contributed by atoms with Gasteiger partial charge >= 0.3 is 0 Å². The van der Waals surface area contributed by atoms with Gasteiger partial charge in [-0.3, -0.25) is 4.79 Å². The molecule has 0 aliphatic rings. The van der Waals surface area contributed by atoms with Crippen molar-refractivity contribution < 1.29 is 9.53 Å². The number of carbonyl (C=O) groups is 1. The summed E-state index contributed by atoms with van der Waals surface area (Å²) in [6, 6.07) is 5.50. The Morgan fingerprint density at radius 1 is 1.50 bits per heavy atom. The fourth-order valence-corrected chi connectivity index (χ4v) is 1.72. The molecule has 0 heterocycles.